The number of alkyl halides is 7. The van der Waals surface area contributed by atoms with Gasteiger partial charge in [0.05, 0.1) is 16.2 Å². The van der Waals surface area contributed by atoms with E-state index in [0.717, 1.165) is 24.3 Å². The van der Waals surface area contributed by atoms with Crippen LogP contribution in [0.3, 0.4) is 0 Å². The first kappa shape index (κ1) is 34.4. The molecule has 15 heteroatoms. The number of allylic oxidation sites excluding steroid dienone is 1. The van der Waals surface area contributed by atoms with E-state index in [1.165, 1.54) is 11.0 Å². The Kier molecular flexibility index (Phi) is 8.94. The minimum Gasteiger partial charge on any atom is -0.481 e. The minimum atomic E-state index is -6.39. The molecule has 2 aliphatic rings. The van der Waals surface area contributed by atoms with E-state index in [9.17, 15) is 58.2 Å². The molecule has 6 nitrogen and oxygen atoms in total. The maximum absolute atomic E-state index is 14.7. The molecule has 0 radical (unpaired) electrons. The van der Waals surface area contributed by atoms with E-state index in [4.69, 9.17) is 0 Å². The standard InChI is InChI=1S/C30H29F8NO5S/c1-2-13-26(14-11-19(12-15-26)24(40)41)25(42)39-17-16-27(18-39,45(43,44)23-9-7-22(31)8-10-23)20-3-5-21(6-4-20)28(32,29(33,34)35)30(36,37)38/h2-10,19H,1,11-18H2,(H,40,41)/t19?,26?,27-/m0/s1. The lowest BCUT2D eigenvalue weighted by Crippen LogP contribution is -2.50. The van der Waals surface area contributed by atoms with Gasteiger partial charge in [0.15, 0.2) is 9.84 Å². The zero-order chi connectivity index (χ0) is 33.6. The minimum absolute atomic E-state index is 0.147. The van der Waals surface area contributed by atoms with Crippen molar-refractivity contribution >= 4 is 21.7 Å². The van der Waals surface area contributed by atoms with Crippen molar-refractivity contribution in [3.63, 3.8) is 0 Å². The molecule has 1 aliphatic heterocycles. The summed E-state index contributed by atoms with van der Waals surface area (Å²) in [4.78, 5) is 26.3. The van der Waals surface area contributed by atoms with E-state index >= 15 is 0 Å². The van der Waals surface area contributed by atoms with Crippen molar-refractivity contribution in [3.05, 3.63) is 78.1 Å². The van der Waals surface area contributed by atoms with Crippen LogP contribution in [0.1, 0.15) is 49.7 Å². The van der Waals surface area contributed by atoms with Crippen LogP contribution in [-0.2, 0) is 29.8 Å². The Bertz CT molecular complexity index is 1530. The fourth-order valence-corrected chi connectivity index (χ4v) is 8.51. The molecule has 1 saturated carbocycles. The van der Waals surface area contributed by atoms with Crippen molar-refractivity contribution in [3.8, 4) is 0 Å². The van der Waals surface area contributed by atoms with Crippen LogP contribution in [0.5, 0.6) is 0 Å². The molecular weight excluding hydrogens is 638 g/mol. The largest absolute Gasteiger partial charge is 0.481 e. The zero-order valence-electron chi connectivity index (χ0n) is 23.6. The van der Waals surface area contributed by atoms with Crippen molar-refractivity contribution < 1.29 is 58.2 Å². The SMILES string of the molecule is C=CCC1(C(=O)N2CC[C@](c3ccc(C(F)(C(F)(F)F)C(F)(F)F)cc3)(S(=O)(=O)c3ccc(F)cc3)C2)CCC(C(=O)O)CC1. The number of carboxylic acid groups (broad SMARTS) is 1. The predicted molar refractivity (Wildman–Crippen MR) is 145 cm³/mol. The number of halogens is 8. The highest BCUT2D eigenvalue weighted by Crippen LogP contribution is 2.54. The molecule has 1 N–H and O–H groups in total. The molecule has 1 aliphatic carbocycles. The summed E-state index contributed by atoms with van der Waals surface area (Å²) < 4.78 is 135. The number of carbonyl (C=O) groups excluding carboxylic acids is 1. The Balaban J connectivity index is 1.80. The second-order valence-corrected chi connectivity index (χ2v) is 13.8. The maximum atomic E-state index is 14.7. The lowest BCUT2D eigenvalue weighted by atomic mass is 9.67. The van der Waals surface area contributed by atoms with Gasteiger partial charge < -0.3 is 10.0 Å². The van der Waals surface area contributed by atoms with Gasteiger partial charge in [-0.05, 0) is 68.4 Å². The van der Waals surface area contributed by atoms with Crippen LogP contribution in [-0.4, -0.2) is 55.7 Å². The first-order chi connectivity index (χ1) is 20.8. The number of sulfone groups is 1. The molecule has 2 aromatic carbocycles. The Morgan fingerprint density at radius 2 is 1.44 bits per heavy atom. The first-order valence-corrected chi connectivity index (χ1v) is 15.3. The fraction of sp³-hybridized carbons (Fsp3) is 0.467. The van der Waals surface area contributed by atoms with E-state index in [1.807, 2.05) is 0 Å². The summed E-state index contributed by atoms with van der Waals surface area (Å²) in [7, 11) is -4.62. The van der Waals surface area contributed by atoms with Crippen molar-refractivity contribution in [2.75, 3.05) is 13.1 Å². The fourth-order valence-electron chi connectivity index (χ4n) is 6.43. The van der Waals surface area contributed by atoms with E-state index in [0.29, 0.717) is 12.1 Å². The molecule has 2 aromatic rings. The van der Waals surface area contributed by atoms with Gasteiger partial charge in [-0.15, -0.1) is 6.58 Å². The molecule has 0 unspecified atom stereocenters. The van der Waals surface area contributed by atoms with Crippen LogP contribution in [0.2, 0.25) is 0 Å². The summed E-state index contributed by atoms with van der Waals surface area (Å²) in [5, 5.41) is 9.40. The summed E-state index contributed by atoms with van der Waals surface area (Å²) in [6.45, 7) is 2.91. The third-order valence-corrected chi connectivity index (χ3v) is 11.5. The first-order valence-electron chi connectivity index (χ1n) is 13.8. The average molecular weight is 668 g/mol. The molecule has 4 rings (SSSR count). The van der Waals surface area contributed by atoms with Crippen LogP contribution < -0.4 is 0 Å². The lowest BCUT2D eigenvalue weighted by molar-refractivity contribution is -0.348. The topological polar surface area (TPSA) is 91.8 Å². The molecule has 0 bridgehead atoms. The van der Waals surface area contributed by atoms with Crippen molar-refractivity contribution in [2.45, 2.75) is 66.2 Å². The maximum Gasteiger partial charge on any atom is 0.435 e. The van der Waals surface area contributed by atoms with Gasteiger partial charge in [0, 0.05) is 18.7 Å². The average Bonchev–Trinajstić information content (AvgIpc) is 3.43. The smallest absolute Gasteiger partial charge is 0.435 e. The number of hydrogen-bond donors (Lipinski definition) is 1. The highest BCUT2D eigenvalue weighted by molar-refractivity contribution is 7.92. The highest BCUT2D eigenvalue weighted by Gasteiger charge is 2.73. The second-order valence-electron chi connectivity index (χ2n) is 11.5. The van der Waals surface area contributed by atoms with Gasteiger partial charge in [0.25, 0.3) is 0 Å². The van der Waals surface area contributed by atoms with Crippen molar-refractivity contribution in [1.82, 2.24) is 4.90 Å². The quantitative estimate of drug-likeness (QED) is 0.189. The molecule has 2 fully saturated rings. The molecular formula is C30H29F8NO5S. The van der Waals surface area contributed by atoms with Crippen LogP contribution in [0, 0.1) is 17.2 Å². The van der Waals surface area contributed by atoms with Crippen molar-refractivity contribution in [1.29, 1.82) is 0 Å². The number of hydrogen-bond acceptors (Lipinski definition) is 4. The van der Waals surface area contributed by atoms with E-state index < -0.39 is 78.6 Å². The molecule has 0 spiro atoms. The van der Waals surface area contributed by atoms with Gasteiger partial charge in [-0.1, -0.05) is 30.3 Å². The normalized spacial score (nSPS) is 24.8. The van der Waals surface area contributed by atoms with Crippen LogP contribution in [0.15, 0.2) is 66.1 Å². The Morgan fingerprint density at radius 1 is 0.911 bits per heavy atom. The monoisotopic (exact) mass is 667 g/mol. The zero-order valence-corrected chi connectivity index (χ0v) is 24.4. The van der Waals surface area contributed by atoms with Crippen LogP contribution >= 0.6 is 0 Å². The molecule has 1 saturated heterocycles. The van der Waals surface area contributed by atoms with Gasteiger partial charge in [0.2, 0.25) is 5.91 Å². The third kappa shape index (κ3) is 5.72. The number of likely N-dealkylation sites (tertiary alicyclic amines) is 1. The predicted octanol–water partition coefficient (Wildman–Crippen LogP) is 6.85. The molecule has 45 heavy (non-hydrogen) atoms. The van der Waals surface area contributed by atoms with Crippen LogP contribution in [0.4, 0.5) is 35.1 Å². The number of nitrogens with zero attached hydrogens (tertiary/aromatic N) is 1. The lowest BCUT2D eigenvalue weighted by Gasteiger charge is -2.40. The number of rotatable bonds is 8. The third-order valence-electron chi connectivity index (χ3n) is 9.03. The van der Waals surface area contributed by atoms with Gasteiger partial charge in [-0.3, -0.25) is 9.59 Å². The number of benzene rings is 2. The number of aliphatic carboxylic acids is 1. The van der Waals surface area contributed by atoms with Crippen molar-refractivity contribution in [2.24, 2.45) is 11.3 Å². The highest BCUT2D eigenvalue weighted by atomic mass is 32.2. The van der Waals surface area contributed by atoms with Crippen LogP contribution in [0.25, 0.3) is 0 Å². The molecule has 1 atom stereocenters. The summed E-state index contributed by atoms with van der Waals surface area (Å²) in [6.07, 6.45) is -10.8. The van der Waals surface area contributed by atoms with Gasteiger partial charge in [-0.25, -0.2) is 17.2 Å². The Hall–Kier alpha value is -3.49. The summed E-state index contributed by atoms with van der Waals surface area (Å²) in [5.41, 5.74) is -8.97. The Morgan fingerprint density at radius 3 is 1.91 bits per heavy atom. The van der Waals surface area contributed by atoms with E-state index in [2.05, 4.69) is 6.58 Å². The summed E-state index contributed by atoms with van der Waals surface area (Å²) in [5.74, 6) is -2.98. The number of carbonyl (C=O) groups is 2. The summed E-state index contributed by atoms with van der Waals surface area (Å²) in [6, 6.07) is 5.35. The number of carboxylic acids is 1. The molecule has 246 valence electrons. The molecule has 1 heterocycles. The summed E-state index contributed by atoms with van der Waals surface area (Å²) >= 11 is 0. The van der Waals surface area contributed by atoms with Gasteiger partial charge in [-0.2, -0.15) is 26.3 Å². The van der Waals surface area contributed by atoms with Gasteiger partial charge in [0.1, 0.15) is 10.6 Å². The number of amides is 1. The Labute approximate surface area is 253 Å². The van der Waals surface area contributed by atoms with E-state index in [-0.39, 0.29) is 62.8 Å². The van der Waals surface area contributed by atoms with E-state index in [1.54, 1.807) is 0 Å². The molecule has 0 aromatic heterocycles. The van der Waals surface area contributed by atoms with Gasteiger partial charge >= 0.3 is 24.0 Å². The molecule has 1 amide bonds. The second kappa shape index (κ2) is 11.7.